The average molecular weight is 323 g/mol. The van der Waals surface area contributed by atoms with Gasteiger partial charge in [0.1, 0.15) is 0 Å². The van der Waals surface area contributed by atoms with Crippen LogP contribution in [-0.2, 0) is 26.6 Å². The van der Waals surface area contributed by atoms with Gasteiger partial charge in [0.2, 0.25) is 0 Å². The summed E-state index contributed by atoms with van der Waals surface area (Å²) in [6, 6.07) is 1.23. The largest absolute Gasteiger partial charge is 0.504 e. The quantitative estimate of drug-likeness (QED) is 0.427. The zero-order valence-corrected chi connectivity index (χ0v) is 15.2. The zero-order chi connectivity index (χ0) is 15.5. The Morgan fingerprint density at radius 1 is 0.550 bits per heavy atom. The monoisotopic (exact) mass is 322 g/mol. The molecule has 0 aliphatic heterocycles. The van der Waals surface area contributed by atoms with Crippen LogP contribution in [0.5, 0.6) is 0 Å². The van der Waals surface area contributed by atoms with Crippen LogP contribution in [0.1, 0.15) is 0 Å². The Balaban J connectivity index is 4.34. The molecule has 0 radical (unpaired) electrons. The molecule has 0 saturated heterocycles. The highest BCUT2D eigenvalue weighted by Gasteiger charge is 2.36. The third-order valence-electron chi connectivity index (χ3n) is 2.99. The van der Waals surface area contributed by atoms with Gasteiger partial charge in [0, 0.05) is 54.7 Å². The molecule has 0 heterocycles. The van der Waals surface area contributed by atoms with Crippen molar-refractivity contribution in [1.29, 1.82) is 0 Å². The van der Waals surface area contributed by atoms with E-state index in [2.05, 4.69) is 0 Å². The van der Waals surface area contributed by atoms with Crippen molar-refractivity contribution in [3.8, 4) is 0 Å². The molecule has 0 aromatic heterocycles. The number of rotatable bonds is 11. The molecule has 0 aromatic rings. The summed E-state index contributed by atoms with van der Waals surface area (Å²) in [6.07, 6.45) is 7.74. The molecule has 0 unspecified atom stereocenters. The Bertz CT molecular complexity index is 254. The smallest absolute Gasteiger partial charge is 0.377 e. The lowest BCUT2D eigenvalue weighted by Crippen LogP contribution is -2.42. The van der Waals surface area contributed by atoms with Crippen molar-refractivity contribution in [2.75, 3.05) is 42.7 Å². The minimum atomic E-state index is -2.52. The molecule has 0 saturated carbocycles. The van der Waals surface area contributed by atoms with Crippen molar-refractivity contribution in [3.63, 3.8) is 0 Å². The SMILES string of the molecule is CO[Si](CC=CC=CC[Si](OC)(OC)OC)(OC)OC. The van der Waals surface area contributed by atoms with Crippen LogP contribution in [0, 0.1) is 0 Å². The molecule has 0 fully saturated rings. The summed E-state index contributed by atoms with van der Waals surface area (Å²) in [6.45, 7) is 0. The first-order valence-corrected chi connectivity index (χ1v) is 10.1. The van der Waals surface area contributed by atoms with Crippen LogP contribution in [0.2, 0.25) is 12.1 Å². The molecule has 0 N–H and O–H groups in total. The number of allylic oxidation sites excluding steroid dienone is 4. The second kappa shape index (κ2) is 10.4. The summed E-state index contributed by atoms with van der Waals surface area (Å²) >= 11 is 0. The van der Waals surface area contributed by atoms with E-state index >= 15 is 0 Å². The summed E-state index contributed by atoms with van der Waals surface area (Å²) in [5.41, 5.74) is 0. The Kier molecular flexibility index (Phi) is 10.2. The normalized spacial score (nSPS) is 13.7. The molecule has 0 amide bonds. The van der Waals surface area contributed by atoms with Gasteiger partial charge in [-0.25, -0.2) is 0 Å². The standard InChI is InChI=1S/C12H26O6Si2/c1-13-19(14-2,15-3)11-9-7-8-10-12-20(16-4,17-5)18-6/h7-10H,11-12H2,1-6H3. The molecular weight excluding hydrogens is 296 g/mol. The van der Waals surface area contributed by atoms with Crippen LogP contribution < -0.4 is 0 Å². The van der Waals surface area contributed by atoms with Crippen LogP contribution in [0.4, 0.5) is 0 Å². The summed E-state index contributed by atoms with van der Waals surface area (Å²) in [5, 5.41) is 0. The predicted molar refractivity (Wildman–Crippen MR) is 81.5 cm³/mol. The molecule has 0 aliphatic rings. The van der Waals surface area contributed by atoms with E-state index in [4.69, 9.17) is 26.6 Å². The molecule has 8 heteroatoms. The highest BCUT2D eigenvalue weighted by atomic mass is 28.4. The molecule has 0 rings (SSSR count). The third kappa shape index (κ3) is 5.98. The molecule has 0 spiro atoms. The van der Waals surface area contributed by atoms with Gasteiger partial charge < -0.3 is 26.6 Å². The summed E-state index contributed by atoms with van der Waals surface area (Å²) in [5.74, 6) is 0. The van der Waals surface area contributed by atoms with Crippen molar-refractivity contribution in [3.05, 3.63) is 24.3 Å². The van der Waals surface area contributed by atoms with E-state index in [0.29, 0.717) is 12.1 Å². The molecule has 0 aliphatic carbocycles. The highest BCUT2D eigenvalue weighted by molar-refractivity contribution is 6.61. The van der Waals surface area contributed by atoms with E-state index in [1.54, 1.807) is 42.7 Å². The maximum atomic E-state index is 5.32. The average Bonchev–Trinajstić information content (AvgIpc) is 2.52. The van der Waals surface area contributed by atoms with Gasteiger partial charge in [-0.1, -0.05) is 24.3 Å². The van der Waals surface area contributed by atoms with Crippen molar-refractivity contribution in [2.45, 2.75) is 12.1 Å². The minimum absolute atomic E-state index is 0.613. The highest BCUT2D eigenvalue weighted by Crippen LogP contribution is 2.14. The topological polar surface area (TPSA) is 55.4 Å². The fraction of sp³-hybridized carbons (Fsp3) is 0.667. The summed E-state index contributed by atoms with van der Waals surface area (Å²) < 4.78 is 31.9. The first-order valence-electron chi connectivity index (χ1n) is 6.20. The van der Waals surface area contributed by atoms with Gasteiger partial charge in [0.15, 0.2) is 0 Å². The minimum Gasteiger partial charge on any atom is -0.377 e. The second-order valence-corrected chi connectivity index (χ2v) is 9.85. The van der Waals surface area contributed by atoms with Crippen LogP contribution >= 0.6 is 0 Å². The first kappa shape index (κ1) is 19.7. The van der Waals surface area contributed by atoms with Gasteiger partial charge in [-0.15, -0.1) is 0 Å². The van der Waals surface area contributed by atoms with Crippen molar-refractivity contribution in [2.24, 2.45) is 0 Å². The van der Waals surface area contributed by atoms with E-state index < -0.39 is 17.6 Å². The number of hydrogen-bond donors (Lipinski definition) is 0. The van der Waals surface area contributed by atoms with Gasteiger partial charge in [0.05, 0.1) is 0 Å². The lowest BCUT2D eigenvalue weighted by Gasteiger charge is -2.22. The van der Waals surface area contributed by atoms with Crippen molar-refractivity contribution >= 4 is 17.6 Å². The van der Waals surface area contributed by atoms with Crippen LogP contribution in [0.3, 0.4) is 0 Å². The molecule has 0 bridgehead atoms. The van der Waals surface area contributed by atoms with Crippen LogP contribution in [0.15, 0.2) is 24.3 Å². The van der Waals surface area contributed by atoms with Crippen molar-refractivity contribution in [1.82, 2.24) is 0 Å². The second-order valence-electron chi connectivity index (χ2n) is 3.86. The predicted octanol–water partition coefficient (Wildman–Crippen LogP) is 1.85. The Labute approximate surface area is 124 Å². The molecule has 0 aromatic carbocycles. The van der Waals surface area contributed by atoms with E-state index in [-0.39, 0.29) is 0 Å². The Morgan fingerprint density at radius 2 is 0.800 bits per heavy atom. The fourth-order valence-electron chi connectivity index (χ4n) is 1.58. The third-order valence-corrected chi connectivity index (χ3v) is 8.19. The zero-order valence-electron chi connectivity index (χ0n) is 13.2. The lowest BCUT2D eigenvalue weighted by atomic mass is 10.5. The van der Waals surface area contributed by atoms with Gasteiger partial charge in [-0.3, -0.25) is 0 Å². The van der Waals surface area contributed by atoms with Crippen LogP contribution in [0.25, 0.3) is 0 Å². The summed E-state index contributed by atoms with van der Waals surface area (Å²) in [7, 11) is 4.53. The molecule has 6 nitrogen and oxygen atoms in total. The molecule has 20 heavy (non-hydrogen) atoms. The molecule has 0 atom stereocenters. The van der Waals surface area contributed by atoms with Gasteiger partial charge in [-0.05, 0) is 0 Å². The molecular formula is C12H26O6Si2. The van der Waals surface area contributed by atoms with Crippen LogP contribution in [-0.4, -0.2) is 60.3 Å². The lowest BCUT2D eigenvalue weighted by molar-refractivity contribution is 0.126. The fourth-order valence-corrected chi connectivity index (χ4v) is 4.43. The van der Waals surface area contributed by atoms with Gasteiger partial charge in [0.25, 0.3) is 0 Å². The number of hydrogen-bond acceptors (Lipinski definition) is 6. The maximum absolute atomic E-state index is 5.32. The van der Waals surface area contributed by atoms with E-state index in [1.807, 2.05) is 24.3 Å². The summed E-state index contributed by atoms with van der Waals surface area (Å²) in [4.78, 5) is 0. The first-order chi connectivity index (χ1) is 9.57. The Morgan fingerprint density at radius 3 is 1.00 bits per heavy atom. The molecule has 118 valence electrons. The maximum Gasteiger partial charge on any atom is 0.504 e. The van der Waals surface area contributed by atoms with E-state index in [9.17, 15) is 0 Å². The van der Waals surface area contributed by atoms with Gasteiger partial charge >= 0.3 is 17.6 Å². The van der Waals surface area contributed by atoms with Crippen molar-refractivity contribution < 1.29 is 26.6 Å². The van der Waals surface area contributed by atoms with E-state index in [1.165, 1.54) is 0 Å². The van der Waals surface area contributed by atoms with E-state index in [0.717, 1.165) is 0 Å². The Hall–Kier alpha value is -0.326. The van der Waals surface area contributed by atoms with Gasteiger partial charge in [-0.2, -0.15) is 0 Å².